The minimum absolute atomic E-state index is 0.144. The second-order valence-electron chi connectivity index (χ2n) is 6.32. The van der Waals surface area contributed by atoms with Gasteiger partial charge in [-0.2, -0.15) is 0 Å². The molecule has 1 saturated carbocycles. The van der Waals surface area contributed by atoms with Gasteiger partial charge in [0.2, 0.25) is 0 Å². The smallest absolute Gasteiger partial charge is 0.0437 e. The molecular weight excluding hydrogens is 174 g/mol. The van der Waals surface area contributed by atoms with Crippen molar-refractivity contribution in [3.05, 3.63) is 0 Å². The fourth-order valence-electron chi connectivity index (χ4n) is 2.97. The fourth-order valence-corrected chi connectivity index (χ4v) is 2.97. The first-order chi connectivity index (χ1) is 6.22. The van der Waals surface area contributed by atoms with Crippen LogP contribution in [-0.2, 0) is 0 Å². The Bertz CT molecular complexity index is 205. The Labute approximate surface area is 87.9 Å². The summed E-state index contributed by atoms with van der Waals surface area (Å²) < 4.78 is 0. The van der Waals surface area contributed by atoms with E-state index >= 15 is 0 Å². The zero-order valence-corrected chi connectivity index (χ0v) is 10.1. The predicted molar refractivity (Wildman–Crippen MR) is 60.0 cm³/mol. The van der Waals surface area contributed by atoms with Gasteiger partial charge >= 0.3 is 0 Å². The first-order valence-electron chi connectivity index (χ1n) is 5.62. The highest BCUT2D eigenvalue weighted by Crippen LogP contribution is 2.55. The van der Waals surface area contributed by atoms with Gasteiger partial charge < -0.3 is 10.8 Å². The molecule has 0 aromatic carbocycles. The molecular formula is C12H25NO. The highest BCUT2D eigenvalue weighted by Gasteiger charge is 2.49. The van der Waals surface area contributed by atoms with E-state index in [0.29, 0.717) is 5.41 Å². The molecule has 2 heteroatoms. The quantitative estimate of drug-likeness (QED) is 0.732. The summed E-state index contributed by atoms with van der Waals surface area (Å²) in [4.78, 5) is 0. The van der Waals surface area contributed by atoms with E-state index in [0.717, 1.165) is 19.3 Å². The molecule has 1 atom stereocenters. The Morgan fingerprint density at radius 1 is 1.29 bits per heavy atom. The van der Waals surface area contributed by atoms with Gasteiger partial charge in [0.15, 0.2) is 0 Å². The van der Waals surface area contributed by atoms with Gasteiger partial charge in [-0.15, -0.1) is 0 Å². The van der Waals surface area contributed by atoms with Crippen molar-refractivity contribution >= 4 is 0 Å². The Kier molecular flexibility index (Phi) is 2.99. The molecule has 0 aromatic heterocycles. The summed E-state index contributed by atoms with van der Waals surface area (Å²) in [6.07, 6.45) is 4.38. The van der Waals surface area contributed by atoms with Crippen LogP contribution >= 0.6 is 0 Å². The van der Waals surface area contributed by atoms with E-state index in [4.69, 9.17) is 10.8 Å². The Morgan fingerprint density at radius 3 is 2.14 bits per heavy atom. The molecule has 84 valence electrons. The number of nitrogens with two attached hydrogens (primary N) is 1. The van der Waals surface area contributed by atoms with Crippen LogP contribution in [0, 0.1) is 10.8 Å². The lowest BCUT2D eigenvalue weighted by Crippen LogP contribution is -2.50. The number of hydrogen-bond donors (Lipinski definition) is 2. The van der Waals surface area contributed by atoms with Crippen molar-refractivity contribution in [2.24, 2.45) is 16.6 Å². The van der Waals surface area contributed by atoms with Crippen LogP contribution < -0.4 is 5.73 Å². The minimum atomic E-state index is -0.177. The molecule has 14 heavy (non-hydrogen) atoms. The van der Waals surface area contributed by atoms with Gasteiger partial charge in [0.05, 0.1) is 0 Å². The van der Waals surface area contributed by atoms with Gasteiger partial charge in [-0.25, -0.2) is 0 Å². The van der Waals surface area contributed by atoms with E-state index in [2.05, 4.69) is 27.7 Å². The molecule has 0 saturated heterocycles. The fraction of sp³-hybridized carbons (Fsp3) is 1.00. The number of aliphatic hydroxyl groups excluding tert-OH is 1. The third-order valence-corrected chi connectivity index (χ3v) is 4.05. The van der Waals surface area contributed by atoms with Gasteiger partial charge in [0, 0.05) is 12.1 Å². The van der Waals surface area contributed by atoms with Crippen molar-refractivity contribution in [2.75, 3.05) is 6.61 Å². The molecule has 1 unspecified atom stereocenters. The van der Waals surface area contributed by atoms with Gasteiger partial charge in [-0.3, -0.25) is 0 Å². The third kappa shape index (κ3) is 2.12. The largest absolute Gasteiger partial charge is 0.396 e. The summed E-state index contributed by atoms with van der Waals surface area (Å²) >= 11 is 0. The third-order valence-electron chi connectivity index (χ3n) is 4.05. The SMILES string of the molecule is CC1(C)CCC(CCO)(C(C)(C)N)C1. The maximum Gasteiger partial charge on any atom is 0.0437 e. The molecule has 1 aliphatic carbocycles. The lowest BCUT2D eigenvalue weighted by Gasteiger charge is -2.42. The maximum absolute atomic E-state index is 9.17. The van der Waals surface area contributed by atoms with Crippen molar-refractivity contribution in [1.82, 2.24) is 0 Å². The number of aliphatic hydroxyl groups is 1. The molecule has 0 radical (unpaired) electrons. The molecule has 3 N–H and O–H groups in total. The molecule has 2 nitrogen and oxygen atoms in total. The molecule has 0 heterocycles. The number of hydrogen-bond acceptors (Lipinski definition) is 2. The summed E-state index contributed by atoms with van der Waals surface area (Å²) in [5.41, 5.74) is 6.63. The predicted octanol–water partition coefficient (Wildman–Crippen LogP) is 2.30. The van der Waals surface area contributed by atoms with Crippen LogP contribution in [0.5, 0.6) is 0 Å². The summed E-state index contributed by atoms with van der Waals surface area (Å²) in [6.45, 7) is 9.07. The second kappa shape index (κ2) is 3.49. The topological polar surface area (TPSA) is 46.2 Å². The van der Waals surface area contributed by atoms with E-state index < -0.39 is 0 Å². The zero-order valence-electron chi connectivity index (χ0n) is 10.1. The van der Waals surface area contributed by atoms with E-state index in [9.17, 15) is 0 Å². The van der Waals surface area contributed by atoms with Crippen molar-refractivity contribution in [3.63, 3.8) is 0 Å². The number of rotatable bonds is 3. The van der Waals surface area contributed by atoms with Crippen molar-refractivity contribution in [1.29, 1.82) is 0 Å². The Morgan fingerprint density at radius 2 is 1.86 bits per heavy atom. The van der Waals surface area contributed by atoms with E-state index in [1.54, 1.807) is 0 Å². The monoisotopic (exact) mass is 199 g/mol. The molecule has 1 fully saturated rings. The summed E-state index contributed by atoms with van der Waals surface area (Å²) in [5, 5.41) is 9.17. The molecule has 0 aliphatic heterocycles. The van der Waals surface area contributed by atoms with Crippen LogP contribution in [-0.4, -0.2) is 17.3 Å². The molecule has 0 bridgehead atoms. The average Bonchev–Trinajstić information content (AvgIpc) is 2.27. The first kappa shape index (κ1) is 12.0. The van der Waals surface area contributed by atoms with Gasteiger partial charge in [-0.05, 0) is 50.4 Å². The van der Waals surface area contributed by atoms with E-state index in [1.165, 1.54) is 6.42 Å². The zero-order chi connectivity index (χ0) is 11.0. The standard InChI is InChI=1S/C12H25NO/c1-10(2)5-6-12(9-10,7-8-14)11(3,4)13/h14H,5-9,13H2,1-4H3. The van der Waals surface area contributed by atoms with Crippen LogP contribution in [0.3, 0.4) is 0 Å². The summed E-state index contributed by atoms with van der Waals surface area (Å²) in [5.74, 6) is 0. The van der Waals surface area contributed by atoms with Crippen LogP contribution in [0.2, 0.25) is 0 Å². The van der Waals surface area contributed by atoms with E-state index in [1.807, 2.05) is 0 Å². The van der Waals surface area contributed by atoms with Crippen LogP contribution in [0.1, 0.15) is 53.4 Å². The highest BCUT2D eigenvalue weighted by atomic mass is 16.3. The summed E-state index contributed by atoms with van der Waals surface area (Å²) in [7, 11) is 0. The summed E-state index contributed by atoms with van der Waals surface area (Å²) in [6, 6.07) is 0. The van der Waals surface area contributed by atoms with Crippen LogP contribution in [0.4, 0.5) is 0 Å². The molecule has 0 spiro atoms. The van der Waals surface area contributed by atoms with Crippen molar-refractivity contribution in [2.45, 2.75) is 58.9 Å². The molecule has 0 aromatic rings. The second-order valence-corrected chi connectivity index (χ2v) is 6.32. The Balaban J connectivity index is 2.86. The molecule has 0 amide bonds. The average molecular weight is 199 g/mol. The molecule has 1 rings (SSSR count). The Hall–Kier alpha value is -0.0800. The first-order valence-corrected chi connectivity index (χ1v) is 5.62. The van der Waals surface area contributed by atoms with Gasteiger partial charge in [0.25, 0.3) is 0 Å². The lowest BCUT2D eigenvalue weighted by atomic mass is 9.67. The highest BCUT2D eigenvalue weighted by molar-refractivity contribution is 5.03. The van der Waals surface area contributed by atoms with Crippen LogP contribution in [0.15, 0.2) is 0 Å². The minimum Gasteiger partial charge on any atom is -0.396 e. The van der Waals surface area contributed by atoms with E-state index in [-0.39, 0.29) is 17.6 Å². The maximum atomic E-state index is 9.17. The van der Waals surface area contributed by atoms with Gasteiger partial charge in [0.1, 0.15) is 0 Å². The van der Waals surface area contributed by atoms with Crippen molar-refractivity contribution < 1.29 is 5.11 Å². The lowest BCUT2D eigenvalue weighted by molar-refractivity contribution is 0.0937. The normalized spacial score (nSPS) is 32.1. The van der Waals surface area contributed by atoms with Crippen molar-refractivity contribution in [3.8, 4) is 0 Å². The van der Waals surface area contributed by atoms with Crippen LogP contribution in [0.25, 0.3) is 0 Å². The molecule has 1 aliphatic rings. The van der Waals surface area contributed by atoms with Gasteiger partial charge in [-0.1, -0.05) is 13.8 Å².